The Balaban J connectivity index is 1.95. The summed E-state index contributed by atoms with van der Waals surface area (Å²) >= 11 is 1.73. The van der Waals surface area contributed by atoms with E-state index in [0.29, 0.717) is 6.04 Å². The largest absolute Gasteiger partial charge is 0.309 e. The lowest BCUT2D eigenvalue weighted by Crippen LogP contribution is -2.22. The normalized spacial score (nSPS) is 11.6. The van der Waals surface area contributed by atoms with Crippen molar-refractivity contribution in [2.24, 2.45) is 0 Å². The standard InChI is InChI=1S/C16H19N3S/c1-12(2)17-9-15-14-5-3-4-6-16(14)19(18-15)10-13-7-8-20-11-13/h3-8,11-12,17H,9-10H2,1-2H3. The number of rotatable bonds is 5. The van der Waals surface area contributed by atoms with Crippen LogP contribution in [0.25, 0.3) is 10.9 Å². The summed E-state index contributed by atoms with van der Waals surface area (Å²) < 4.78 is 2.11. The Labute approximate surface area is 123 Å². The topological polar surface area (TPSA) is 29.9 Å². The van der Waals surface area contributed by atoms with Crippen molar-refractivity contribution in [3.8, 4) is 0 Å². The van der Waals surface area contributed by atoms with Gasteiger partial charge in [-0.2, -0.15) is 16.4 Å². The third kappa shape index (κ3) is 2.76. The third-order valence-electron chi connectivity index (χ3n) is 3.32. The van der Waals surface area contributed by atoms with Crippen LogP contribution in [0.3, 0.4) is 0 Å². The van der Waals surface area contributed by atoms with Crippen LogP contribution in [0.5, 0.6) is 0 Å². The van der Waals surface area contributed by atoms with Crippen LogP contribution in [0, 0.1) is 0 Å². The van der Waals surface area contributed by atoms with Gasteiger partial charge >= 0.3 is 0 Å². The van der Waals surface area contributed by atoms with E-state index in [1.54, 1.807) is 11.3 Å². The first kappa shape index (κ1) is 13.3. The molecule has 0 radical (unpaired) electrons. The molecular weight excluding hydrogens is 266 g/mol. The van der Waals surface area contributed by atoms with Gasteiger partial charge in [0.25, 0.3) is 0 Å². The number of thiophene rings is 1. The minimum Gasteiger partial charge on any atom is -0.309 e. The molecule has 0 saturated heterocycles. The highest BCUT2D eigenvalue weighted by Crippen LogP contribution is 2.20. The molecule has 0 aliphatic rings. The molecule has 3 rings (SSSR count). The second kappa shape index (κ2) is 5.77. The van der Waals surface area contributed by atoms with Crippen LogP contribution >= 0.6 is 11.3 Å². The second-order valence-electron chi connectivity index (χ2n) is 5.29. The van der Waals surface area contributed by atoms with Crippen molar-refractivity contribution in [3.05, 3.63) is 52.3 Å². The summed E-state index contributed by atoms with van der Waals surface area (Å²) in [5.74, 6) is 0. The Hall–Kier alpha value is -1.65. The Morgan fingerprint density at radius 2 is 2.10 bits per heavy atom. The van der Waals surface area contributed by atoms with Crippen molar-refractivity contribution in [1.82, 2.24) is 15.1 Å². The van der Waals surface area contributed by atoms with Crippen LogP contribution in [0.1, 0.15) is 25.1 Å². The zero-order chi connectivity index (χ0) is 13.9. The first-order chi connectivity index (χ1) is 9.74. The third-order valence-corrected chi connectivity index (χ3v) is 4.06. The summed E-state index contributed by atoms with van der Waals surface area (Å²) in [4.78, 5) is 0. The molecule has 0 aliphatic carbocycles. The molecule has 0 amide bonds. The first-order valence-electron chi connectivity index (χ1n) is 6.93. The number of nitrogens with zero attached hydrogens (tertiary/aromatic N) is 2. The zero-order valence-corrected chi connectivity index (χ0v) is 12.7. The summed E-state index contributed by atoms with van der Waals surface area (Å²) in [5, 5.41) is 13.8. The molecule has 1 aromatic carbocycles. The van der Waals surface area contributed by atoms with Crippen LogP contribution < -0.4 is 5.32 Å². The van der Waals surface area contributed by atoms with Gasteiger partial charge < -0.3 is 5.32 Å². The van der Waals surface area contributed by atoms with Crippen molar-refractivity contribution in [1.29, 1.82) is 0 Å². The number of fused-ring (bicyclic) bond motifs is 1. The molecule has 20 heavy (non-hydrogen) atoms. The SMILES string of the molecule is CC(C)NCc1nn(Cc2ccsc2)c2ccccc12. The van der Waals surface area contributed by atoms with Crippen LogP contribution in [-0.2, 0) is 13.1 Å². The highest BCUT2D eigenvalue weighted by Gasteiger charge is 2.10. The second-order valence-corrected chi connectivity index (χ2v) is 6.07. The molecule has 104 valence electrons. The van der Waals surface area contributed by atoms with Gasteiger partial charge in [0.05, 0.1) is 17.8 Å². The lowest BCUT2D eigenvalue weighted by Gasteiger charge is -2.05. The van der Waals surface area contributed by atoms with E-state index in [0.717, 1.165) is 18.8 Å². The van der Waals surface area contributed by atoms with Gasteiger partial charge in [0, 0.05) is 18.0 Å². The average Bonchev–Trinajstić information content (AvgIpc) is 3.06. The number of aromatic nitrogens is 2. The molecule has 0 aliphatic heterocycles. The van der Waals surface area contributed by atoms with Gasteiger partial charge in [0.15, 0.2) is 0 Å². The average molecular weight is 285 g/mol. The molecule has 0 atom stereocenters. The first-order valence-corrected chi connectivity index (χ1v) is 7.87. The van der Waals surface area contributed by atoms with E-state index >= 15 is 0 Å². The molecule has 2 heterocycles. The molecule has 0 saturated carbocycles. The van der Waals surface area contributed by atoms with Crippen molar-refractivity contribution in [3.63, 3.8) is 0 Å². The predicted molar refractivity (Wildman–Crippen MR) is 85.1 cm³/mol. The molecule has 1 N–H and O–H groups in total. The summed E-state index contributed by atoms with van der Waals surface area (Å²) in [7, 11) is 0. The fraction of sp³-hybridized carbons (Fsp3) is 0.312. The van der Waals surface area contributed by atoms with E-state index in [4.69, 9.17) is 5.10 Å². The van der Waals surface area contributed by atoms with E-state index in [9.17, 15) is 0 Å². The highest BCUT2D eigenvalue weighted by molar-refractivity contribution is 7.07. The van der Waals surface area contributed by atoms with Gasteiger partial charge in [0.2, 0.25) is 0 Å². The lowest BCUT2D eigenvalue weighted by molar-refractivity contribution is 0.573. The number of hydrogen-bond donors (Lipinski definition) is 1. The molecule has 3 aromatic rings. The fourth-order valence-corrected chi connectivity index (χ4v) is 2.96. The molecule has 0 fully saturated rings. The fourth-order valence-electron chi connectivity index (χ4n) is 2.30. The monoisotopic (exact) mass is 285 g/mol. The Kier molecular flexibility index (Phi) is 3.85. The highest BCUT2D eigenvalue weighted by atomic mass is 32.1. The van der Waals surface area contributed by atoms with Gasteiger partial charge in [-0.1, -0.05) is 32.0 Å². The zero-order valence-electron chi connectivity index (χ0n) is 11.8. The van der Waals surface area contributed by atoms with Gasteiger partial charge in [-0.3, -0.25) is 4.68 Å². The van der Waals surface area contributed by atoms with Crippen molar-refractivity contribution >= 4 is 22.2 Å². The Bertz CT molecular complexity index is 683. The molecule has 2 aromatic heterocycles. The summed E-state index contributed by atoms with van der Waals surface area (Å²) in [6.07, 6.45) is 0. The van der Waals surface area contributed by atoms with Crippen molar-refractivity contribution in [2.45, 2.75) is 33.0 Å². The molecular formula is C16H19N3S. The van der Waals surface area contributed by atoms with Gasteiger partial charge in [-0.25, -0.2) is 0 Å². The number of nitrogens with one attached hydrogen (secondary N) is 1. The van der Waals surface area contributed by atoms with Gasteiger partial charge in [-0.05, 0) is 28.5 Å². The van der Waals surface area contributed by atoms with Crippen LogP contribution in [0.15, 0.2) is 41.1 Å². The van der Waals surface area contributed by atoms with Gasteiger partial charge in [-0.15, -0.1) is 0 Å². The van der Waals surface area contributed by atoms with E-state index in [1.165, 1.54) is 16.5 Å². The molecule has 0 spiro atoms. The minimum atomic E-state index is 0.468. The van der Waals surface area contributed by atoms with E-state index in [-0.39, 0.29) is 0 Å². The molecule has 3 nitrogen and oxygen atoms in total. The summed E-state index contributed by atoms with van der Waals surface area (Å²) in [5.41, 5.74) is 3.65. The maximum absolute atomic E-state index is 4.79. The number of hydrogen-bond acceptors (Lipinski definition) is 3. The Morgan fingerprint density at radius 3 is 2.85 bits per heavy atom. The van der Waals surface area contributed by atoms with Crippen LogP contribution in [0.4, 0.5) is 0 Å². The lowest BCUT2D eigenvalue weighted by atomic mass is 10.2. The predicted octanol–water partition coefficient (Wildman–Crippen LogP) is 3.64. The number of benzene rings is 1. The summed E-state index contributed by atoms with van der Waals surface area (Å²) in [6.45, 7) is 5.97. The molecule has 0 bridgehead atoms. The maximum atomic E-state index is 4.79. The van der Waals surface area contributed by atoms with Gasteiger partial charge in [0.1, 0.15) is 0 Å². The van der Waals surface area contributed by atoms with Crippen LogP contribution in [-0.4, -0.2) is 15.8 Å². The van der Waals surface area contributed by atoms with Crippen molar-refractivity contribution in [2.75, 3.05) is 0 Å². The maximum Gasteiger partial charge on any atom is 0.0841 e. The van der Waals surface area contributed by atoms with Crippen LogP contribution in [0.2, 0.25) is 0 Å². The summed E-state index contributed by atoms with van der Waals surface area (Å²) in [6, 6.07) is 11.1. The van der Waals surface area contributed by atoms with Crippen molar-refractivity contribution < 1.29 is 0 Å². The van der Waals surface area contributed by atoms with E-state index in [2.05, 4.69) is 64.9 Å². The minimum absolute atomic E-state index is 0.468. The number of para-hydroxylation sites is 1. The smallest absolute Gasteiger partial charge is 0.0841 e. The molecule has 4 heteroatoms. The quantitative estimate of drug-likeness (QED) is 0.775. The Morgan fingerprint density at radius 1 is 1.25 bits per heavy atom. The van der Waals surface area contributed by atoms with E-state index in [1.807, 2.05) is 0 Å². The molecule has 0 unspecified atom stereocenters. The van der Waals surface area contributed by atoms with E-state index < -0.39 is 0 Å².